The topological polar surface area (TPSA) is 143 Å². The molecule has 0 saturated heterocycles. The van der Waals surface area contributed by atoms with Gasteiger partial charge >= 0.3 is 0 Å². The van der Waals surface area contributed by atoms with Gasteiger partial charge in [0.15, 0.2) is 0 Å². The summed E-state index contributed by atoms with van der Waals surface area (Å²) in [6, 6.07) is 46.8. The molecule has 5 aromatic heterocycles. The van der Waals surface area contributed by atoms with E-state index in [0.29, 0.717) is 0 Å². The van der Waals surface area contributed by atoms with Crippen LogP contribution in [0.4, 0.5) is 0 Å². The molecule has 6 aromatic carbocycles. The van der Waals surface area contributed by atoms with Gasteiger partial charge in [0.05, 0.1) is 55.2 Å². The quantitative estimate of drug-likeness (QED) is 0.112. The summed E-state index contributed by atoms with van der Waals surface area (Å²) in [4.78, 5) is 38.0. The van der Waals surface area contributed by atoms with Crippen molar-refractivity contribution in [2.45, 2.75) is 69.2 Å². The standard InChI is InChI=1S/C16H14N4.C10H10N4.C9H10N2.2C6H6.2C2H6/c1-9-17-13-5-3-11(7-15(13)19-9)12-4-6-14-16(8-12)20-10(2)18-14;1-5-11-7-3-9-10(4-8(7)12-5)14-6(2)13-9;1-6-3-4-8-9(5-6)11-7(2)10-8;2*1-2-4-6-5-3-1;2*1-2/h3-8H,1-2H3,(H,17,19)(H,18,20);3-4H,1-2H3,(H,11,12)(H,13,14);3-5H,1-2H3,(H,10,11);2*1-6H;2*1-2H3. The SMILES string of the molecule is CC.CC.Cc1ccc2nc(C)[nH]c2c1.Cc1nc2cc3nc(C)[nH]c3cc2[nH]1.Cc1nc2ccc(-c3ccc4nc(C)[nH]c4c3)cc2[nH]1.c1ccccc1.c1ccccc1. The van der Waals surface area contributed by atoms with Crippen LogP contribution in [0.2, 0.25) is 0 Å². The van der Waals surface area contributed by atoms with Gasteiger partial charge in [-0.1, -0.05) is 119 Å². The third-order valence-electron chi connectivity index (χ3n) is 8.94. The minimum Gasteiger partial charge on any atom is -0.342 e. The van der Waals surface area contributed by atoms with E-state index in [-0.39, 0.29) is 0 Å². The van der Waals surface area contributed by atoms with Gasteiger partial charge < -0.3 is 24.9 Å². The number of hydrogen-bond donors (Lipinski definition) is 5. The van der Waals surface area contributed by atoms with Crippen molar-refractivity contribution in [3.05, 3.63) is 174 Å². The second-order valence-corrected chi connectivity index (χ2v) is 13.8. The molecule has 0 atom stereocenters. The maximum atomic E-state index is 4.43. The van der Waals surface area contributed by atoms with Crippen LogP contribution in [0.1, 0.15) is 62.4 Å². The molecule has 0 saturated carbocycles. The molecule has 0 unspecified atom stereocenters. The number of nitrogens with zero attached hydrogens (tertiary/aromatic N) is 5. The van der Waals surface area contributed by atoms with E-state index < -0.39 is 0 Å². The zero-order valence-corrected chi connectivity index (χ0v) is 37.0. The zero-order valence-electron chi connectivity index (χ0n) is 37.0. The Morgan fingerprint density at radius 1 is 0.279 bits per heavy atom. The van der Waals surface area contributed by atoms with E-state index in [1.807, 2.05) is 153 Å². The summed E-state index contributed by atoms with van der Waals surface area (Å²) < 4.78 is 0. The molecule has 0 aliphatic carbocycles. The van der Waals surface area contributed by atoms with Crippen LogP contribution in [0, 0.1) is 41.5 Å². The van der Waals surface area contributed by atoms with Crippen molar-refractivity contribution in [2.24, 2.45) is 0 Å². The Balaban J connectivity index is 0.000000151. The van der Waals surface area contributed by atoms with E-state index in [1.54, 1.807) is 0 Å². The lowest BCUT2D eigenvalue weighted by atomic mass is 10.0. The molecule has 0 fully saturated rings. The number of hydrogen-bond acceptors (Lipinski definition) is 5. The lowest BCUT2D eigenvalue weighted by Crippen LogP contribution is -1.79. The number of rotatable bonds is 1. The van der Waals surface area contributed by atoms with Gasteiger partial charge in [0.1, 0.15) is 29.1 Å². The van der Waals surface area contributed by atoms with Crippen molar-refractivity contribution in [3.63, 3.8) is 0 Å². The highest BCUT2D eigenvalue weighted by Gasteiger charge is 2.07. The largest absolute Gasteiger partial charge is 0.342 e. The lowest BCUT2D eigenvalue weighted by molar-refractivity contribution is 1.16. The minimum absolute atomic E-state index is 0.935. The van der Waals surface area contributed by atoms with E-state index in [4.69, 9.17) is 0 Å². The summed E-state index contributed by atoms with van der Waals surface area (Å²) in [5.74, 6) is 4.73. The second-order valence-electron chi connectivity index (χ2n) is 13.8. The van der Waals surface area contributed by atoms with Crippen LogP contribution in [-0.4, -0.2) is 49.8 Å². The molecule has 0 amide bonds. The van der Waals surface area contributed by atoms with Gasteiger partial charge in [-0.25, -0.2) is 24.9 Å². The molecular formula is C51H58N10. The van der Waals surface area contributed by atoms with E-state index >= 15 is 0 Å². The maximum absolute atomic E-state index is 4.43. The molecule has 5 N–H and O–H groups in total. The smallest absolute Gasteiger partial charge is 0.104 e. The predicted octanol–water partition coefficient (Wildman–Crippen LogP) is 13.4. The summed E-state index contributed by atoms with van der Waals surface area (Å²) in [5, 5.41) is 0. The van der Waals surface area contributed by atoms with Crippen molar-refractivity contribution in [3.8, 4) is 11.1 Å². The van der Waals surface area contributed by atoms with Crippen LogP contribution in [-0.2, 0) is 0 Å². The monoisotopic (exact) mass is 810 g/mol. The van der Waals surface area contributed by atoms with Crippen molar-refractivity contribution < 1.29 is 0 Å². The third-order valence-corrected chi connectivity index (χ3v) is 8.94. The van der Waals surface area contributed by atoms with Crippen LogP contribution in [0.25, 0.3) is 66.3 Å². The van der Waals surface area contributed by atoms with Gasteiger partial charge in [0.2, 0.25) is 0 Å². The molecule has 0 radical (unpaired) electrons. The van der Waals surface area contributed by atoms with Crippen molar-refractivity contribution in [1.82, 2.24) is 49.8 Å². The lowest BCUT2D eigenvalue weighted by Gasteiger charge is -2.01. The minimum atomic E-state index is 0.935. The molecule has 10 nitrogen and oxygen atoms in total. The summed E-state index contributed by atoms with van der Waals surface area (Å²) in [7, 11) is 0. The predicted molar refractivity (Wildman–Crippen MR) is 257 cm³/mol. The zero-order chi connectivity index (χ0) is 43.7. The fourth-order valence-corrected chi connectivity index (χ4v) is 6.42. The second kappa shape index (κ2) is 22.2. The molecule has 11 rings (SSSR count). The molecule has 0 bridgehead atoms. The van der Waals surface area contributed by atoms with E-state index in [1.165, 1.54) is 16.7 Å². The van der Waals surface area contributed by atoms with Gasteiger partial charge in [-0.05, 0) is 107 Å². The first-order chi connectivity index (χ1) is 29.7. The number of imidazole rings is 5. The van der Waals surface area contributed by atoms with Gasteiger partial charge in [-0.2, -0.15) is 0 Å². The highest BCUT2D eigenvalue weighted by atomic mass is 14.9. The normalized spacial score (nSPS) is 10.1. The molecular weight excluding hydrogens is 753 g/mol. The van der Waals surface area contributed by atoms with Gasteiger partial charge in [-0.15, -0.1) is 0 Å². The Kier molecular flexibility index (Phi) is 16.3. The number of fused-ring (bicyclic) bond motifs is 5. The Morgan fingerprint density at radius 2 is 0.541 bits per heavy atom. The Labute approximate surface area is 358 Å². The van der Waals surface area contributed by atoms with Gasteiger partial charge in [0.25, 0.3) is 0 Å². The van der Waals surface area contributed by atoms with Crippen molar-refractivity contribution >= 4 is 55.2 Å². The van der Waals surface area contributed by atoms with E-state index in [2.05, 4.69) is 105 Å². The molecule has 10 heteroatoms. The molecule has 0 spiro atoms. The Morgan fingerprint density at radius 3 is 0.869 bits per heavy atom. The van der Waals surface area contributed by atoms with Crippen LogP contribution in [0.3, 0.4) is 0 Å². The summed E-state index contributed by atoms with van der Waals surface area (Å²) >= 11 is 0. The van der Waals surface area contributed by atoms with Crippen LogP contribution in [0.5, 0.6) is 0 Å². The van der Waals surface area contributed by atoms with E-state index in [0.717, 1.165) is 84.3 Å². The third kappa shape index (κ3) is 12.6. The maximum Gasteiger partial charge on any atom is 0.104 e. The first-order valence-electron chi connectivity index (χ1n) is 20.9. The summed E-state index contributed by atoms with van der Waals surface area (Å²) in [6.45, 7) is 19.9. The molecule has 11 aromatic rings. The number of nitrogens with one attached hydrogen (secondary N) is 5. The van der Waals surface area contributed by atoms with Gasteiger partial charge in [-0.3, -0.25) is 0 Å². The summed E-state index contributed by atoms with van der Waals surface area (Å²) in [5.41, 5.74) is 14.0. The molecule has 312 valence electrons. The van der Waals surface area contributed by atoms with Crippen molar-refractivity contribution in [2.75, 3.05) is 0 Å². The van der Waals surface area contributed by atoms with Crippen molar-refractivity contribution in [1.29, 1.82) is 0 Å². The van der Waals surface area contributed by atoms with Gasteiger partial charge in [0, 0.05) is 0 Å². The highest BCUT2D eigenvalue weighted by Crippen LogP contribution is 2.26. The Bertz CT molecular complexity index is 2720. The van der Waals surface area contributed by atoms with Crippen LogP contribution in [0.15, 0.2) is 140 Å². The molecule has 5 heterocycles. The number of aromatic nitrogens is 10. The van der Waals surface area contributed by atoms with Crippen LogP contribution >= 0.6 is 0 Å². The number of aryl methyl sites for hydroxylation is 6. The Hall–Kier alpha value is -7.33. The number of aromatic amines is 5. The molecule has 0 aliphatic rings. The molecule has 0 aliphatic heterocycles. The highest BCUT2D eigenvalue weighted by molar-refractivity contribution is 5.91. The summed E-state index contributed by atoms with van der Waals surface area (Å²) in [6.07, 6.45) is 0. The number of H-pyrrole nitrogens is 5. The van der Waals surface area contributed by atoms with Crippen LogP contribution < -0.4 is 0 Å². The fraction of sp³-hybridized carbons (Fsp3) is 0.196. The first-order valence-corrected chi connectivity index (χ1v) is 20.9. The van der Waals surface area contributed by atoms with E-state index in [9.17, 15) is 0 Å². The first kappa shape index (κ1) is 44.8. The average molecular weight is 811 g/mol. The molecule has 61 heavy (non-hydrogen) atoms. The number of benzene rings is 6. The fourth-order valence-electron chi connectivity index (χ4n) is 6.42. The average Bonchev–Trinajstić information content (AvgIpc) is 4.11.